The van der Waals surface area contributed by atoms with Crippen LogP contribution in [0.3, 0.4) is 0 Å². The number of carbonyl (C=O) groups excluding carboxylic acids is 1. The second-order valence-corrected chi connectivity index (χ2v) is 9.54. The first kappa shape index (κ1) is 22.0. The topological polar surface area (TPSA) is 101 Å². The normalized spacial score (nSPS) is 20.8. The number of hydrogen-bond acceptors (Lipinski definition) is 6. The second kappa shape index (κ2) is 9.40. The lowest BCUT2D eigenvalue weighted by atomic mass is 10.0. The standard InChI is InChI=1S/C20H21NO4S.C2H4O2/c22-20-19-12-21(11-17(19)13-25-20)10-15-6-4-5-7-16(15)14-26(23,24)18-8-2-1-3-9-18;1-2(3)4/h1-9,17,19H,10-14H2;1H3,(H,3,4)/t17-,19-;/m1./s1. The van der Waals surface area contributed by atoms with E-state index in [1.165, 1.54) is 0 Å². The third kappa shape index (κ3) is 5.46. The van der Waals surface area contributed by atoms with Crippen LogP contribution in [0.15, 0.2) is 59.5 Å². The maximum absolute atomic E-state index is 12.7. The fourth-order valence-electron chi connectivity index (χ4n) is 3.83. The molecule has 0 radical (unpaired) electrons. The number of ether oxygens (including phenoxy) is 1. The van der Waals surface area contributed by atoms with E-state index in [0.717, 1.165) is 24.6 Å². The number of carboxylic acids is 1. The van der Waals surface area contributed by atoms with E-state index in [4.69, 9.17) is 14.6 Å². The Balaban J connectivity index is 0.000000589. The molecule has 0 bridgehead atoms. The van der Waals surface area contributed by atoms with E-state index in [0.29, 0.717) is 24.6 Å². The average Bonchev–Trinajstić information content (AvgIpc) is 3.25. The number of aliphatic carboxylic acids is 1. The SMILES string of the molecule is CC(=O)O.O=C1OC[C@H]2CN(Cc3ccccc3CS(=O)(=O)c3ccccc3)C[C@@H]12. The van der Waals surface area contributed by atoms with Gasteiger partial charge in [-0.05, 0) is 23.3 Å². The zero-order chi connectivity index (χ0) is 21.7. The molecule has 2 aliphatic heterocycles. The molecule has 0 spiro atoms. The molecule has 4 rings (SSSR count). The van der Waals surface area contributed by atoms with Gasteiger partial charge in [-0.15, -0.1) is 0 Å². The molecule has 160 valence electrons. The highest BCUT2D eigenvalue weighted by Gasteiger charge is 2.43. The van der Waals surface area contributed by atoms with E-state index >= 15 is 0 Å². The van der Waals surface area contributed by atoms with Crippen LogP contribution >= 0.6 is 0 Å². The molecule has 2 atom stereocenters. The molecule has 2 aliphatic rings. The average molecular weight is 432 g/mol. The molecule has 2 heterocycles. The number of sulfone groups is 1. The number of carbonyl (C=O) groups is 2. The molecule has 30 heavy (non-hydrogen) atoms. The number of nitrogens with zero attached hydrogens (tertiary/aromatic N) is 1. The molecule has 0 aliphatic carbocycles. The number of cyclic esters (lactones) is 1. The lowest BCUT2D eigenvalue weighted by Gasteiger charge is -2.19. The summed E-state index contributed by atoms with van der Waals surface area (Å²) < 4.78 is 30.5. The first-order valence-electron chi connectivity index (χ1n) is 9.69. The van der Waals surface area contributed by atoms with Crippen molar-refractivity contribution in [2.75, 3.05) is 19.7 Å². The van der Waals surface area contributed by atoms with Crippen LogP contribution in [0.2, 0.25) is 0 Å². The first-order valence-corrected chi connectivity index (χ1v) is 11.3. The molecule has 2 aromatic carbocycles. The smallest absolute Gasteiger partial charge is 0.310 e. The number of hydrogen-bond donors (Lipinski definition) is 1. The maximum Gasteiger partial charge on any atom is 0.310 e. The van der Waals surface area contributed by atoms with Crippen molar-refractivity contribution >= 4 is 21.8 Å². The molecule has 0 amide bonds. The number of carboxylic acid groups (broad SMARTS) is 1. The first-order chi connectivity index (χ1) is 14.3. The number of esters is 1. The van der Waals surface area contributed by atoms with Gasteiger partial charge in [-0.1, -0.05) is 42.5 Å². The third-order valence-corrected chi connectivity index (χ3v) is 6.90. The minimum absolute atomic E-state index is 0.0179. The van der Waals surface area contributed by atoms with Gasteiger partial charge < -0.3 is 9.84 Å². The van der Waals surface area contributed by atoms with Gasteiger partial charge in [0, 0.05) is 32.5 Å². The summed E-state index contributed by atoms with van der Waals surface area (Å²) in [5.74, 6) is -0.717. The zero-order valence-electron chi connectivity index (χ0n) is 16.7. The van der Waals surface area contributed by atoms with E-state index < -0.39 is 15.8 Å². The Morgan fingerprint density at radius 2 is 1.67 bits per heavy atom. The zero-order valence-corrected chi connectivity index (χ0v) is 17.5. The van der Waals surface area contributed by atoms with Gasteiger partial charge in [-0.3, -0.25) is 14.5 Å². The summed E-state index contributed by atoms with van der Waals surface area (Å²) in [5.41, 5.74) is 1.82. The molecule has 1 N–H and O–H groups in total. The van der Waals surface area contributed by atoms with Gasteiger partial charge in [0.2, 0.25) is 0 Å². The summed E-state index contributed by atoms with van der Waals surface area (Å²) >= 11 is 0. The molecule has 2 saturated heterocycles. The number of rotatable bonds is 5. The molecular formula is C22H25NO6S. The maximum atomic E-state index is 12.7. The van der Waals surface area contributed by atoms with E-state index in [1.54, 1.807) is 24.3 Å². The van der Waals surface area contributed by atoms with Crippen LogP contribution < -0.4 is 0 Å². The fraction of sp³-hybridized carbons (Fsp3) is 0.364. The van der Waals surface area contributed by atoms with Crippen molar-refractivity contribution in [3.05, 3.63) is 65.7 Å². The van der Waals surface area contributed by atoms with Crippen LogP contribution in [-0.2, 0) is 36.5 Å². The summed E-state index contributed by atoms with van der Waals surface area (Å²) in [6.45, 7) is 3.74. The molecule has 8 heteroatoms. The monoisotopic (exact) mass is 431 g/mol. The lowest BCUT2D eigenvalue weighted by molar-refractivity contribution is -0.141. The lowest BCUT2D eigenvalue weighted by Crippen LogP contribution is -2.24. The van der Waals surface area contributed by atoms with Crippen LogP contribution in [-0.4, -0.2) is 50.1 Å². The predicted octanol–water partition coefficient (Wildman–Crippen LogP) is 2.36. The number of likely N-dealkylation sites (tertiary alicyclic amines) is 1. The van der Waals surface area contributed by atoms with Crippen molar-refractivity contribution < 1.29 is 27.9 Å². The summed E-state index contributed by atoms with van der Waals surface area (Å²) in [4.78, 5) is 23.3. The van der Waals surface area contributed by atoms with Gasteiger partial charge in [-0.25, -0.2) is 8.42 Å². The fourth-order valence-corrected chi connectivity index (χ4v) is 5.26. The highest BCUT2D eigenvalue weighted by atomic mass is 32.2. The van der Waals surface area contributed by atoms with Gasteiger partial charge in [0.05, 0.1) is 23.2 Å². The molecule has 7 nitrogen and oxygen atoms in total. The summed E-state index contributed by atoms with van der Waals surface area (Å²) in [5, 5.41) is 7.42. The Labute approximate surface area is 176 Å². The van der Waals surface area contributed by atoms with Crippen LogP contribution in [0.4, 0.5) is 0 Å². The molecule has 2 fully saturated rings. The molecule has 0 saturated carbocycles. The van der Waals surface area contributed by atoms with Gasteiger partial charge in [0.25, 0.3) is 5.97 Å². The van der Waals surface area contributed by atoms with Gasteiger partial charge >= 0.3 is 5.97 Å². The van der Waals surface area contributed by atoms with Crippen molar-refractivity contribution in [2.45, 2.75) is 24.1 Å². The van der Waals surface area contributed by atoms with Crippen LogP contribution in [0, 0.1) is 11.8 Å². The largest absolute Gasteiger partial charge is 0.481 e. The molecule has 0 unspecified atom stereocenters. The van der Waals surface area contributed by atoms with Crippen molar-refractivity contribution in [2.24, 2.45) is 11.8 Å². The van der Waals surface area contributed by atoms with Crippen LogP contribution in [0.1, 0.15) is 18.1 Å². The van der Waals surface area contributed by atoms with Crippen molar-refractivity contribution in [1.29, 1.82) is 0 Å². The Morgan fingerprint density at radius 1 is 1.07 bits per heavy atom. The Bertz CT molecular complexity index is 1000. The van der Waals surface area contributed by atoms with E-state index in [2.05, 4.69) is 4.90 Å². The van der Waals surface area contributed by atoms with Crippen molar-refractivity contribution in [3.63, 3.8) is 0 Å². The minimum Gasteiger partial charge on any atom is -0.481 e. The Hall–Kier alpha value is -2.71. The minimum atomic E-state index is -3.39. The predicted molar refractivity (Wildman–Crippen MR) is 110 cm³/mol. The van der Waals surface area contributed by atoms with Crippen LogP contribution in [0.25, 0.3) is 0 Å². The number of benzene rings is 2. The summed E-state index contributed by atoms with van der Waals surface area (Å²) in [7, 11) is -3.39. The van der Waals surface area contributed by atoms with E-state index in [9.17, 15) is 13.2 Å². The molecule has 0 aromatic heterocycles. The van der Waals surface area contributed by atoms with Crippen molar-refractivity contribution in [1.82, 2.24) is 4.90 Å². The summed E-state index contributed by atoms with van der Waals surface area (Å²) in [6, 6.07) is 16.2. The Morgan fingerprint density at radius 3 is 2.30 bits per heavy atom. The second-order valence-electron chi connectivity index (χ2n) is 7.55. The van der Waals surface area contributed by atoms with Crippen molar-refractivity contribution in [3.8, 4) is 0 Å². The summed E-state index contributed by atoms with van der Waals surface area (Å²) in [6.07, 6.45) is 0. The van der Waals surface area contributed by atoms with E-state index in [-0.39, 0.29) is 23.6 Å². The van der Waals surface area contributed by atoms with Crippen LogP contribution in [0.5, 0.6) is 0 Å². The van der Waals surface area contributed by atoms with E-state index in [1.807, 2.05) is 30.3 Å². The molecular weight excluding hydrogens is 406 g/mol. The quantitative estimate of drug-likeness (QED) is 0.725. The number of fused-ring (bicyclic) bond motifs is 1. The highest BCUT2D eigenvalue weighted by Crippen LogP contribution is 2.31. The van der Waals surface area contributed by atoms with Gasteiger partial charge in [-0.2, -0.15) is 0 Å². The molecule has 2 aromatic rings. The van der Waals surface area contributed by atoms with Gasteiger partial charge in [0.1, 0.15) is 0 Å². The third-order valence-electron chi connectivity index (χ3n) is 5.22. The highest BCUT2D eigenvalue weighted by molar-refractivity contribution is 7.90. The Kier molecular flexibility index (Phi) is 6.89. The van der Waals surface area contributed by atoms with Gasteiger partial charge in [0.15, 0.2) is 9.84 Å².